The van der Waals surface area contributed by atoms with Gasteiger partial charge in [-0.25, -0.2) is 0 Å². The van der Waals surface area contributed by atoms with E-state index in [2.05, 4.69) is 42.9 Å². The first kappa shape index (κ1) is 14.9. The Kier molecular flexibility index (Phi) is 6.45. The molecule has 0 amide bonds. The van der Waals surface area contributed by atoms with Crippen LogP contribution in [0.25, 0.3) is 0 Å². The molecule has 0 radical (unpaired) electrons. The summed E-state index contributed by atoms with van der Waals surface area (Å²) in [7, 11) is 2.24. The van der Waals surface area contributed by atoms with Crippen LogP contribution in [0.5, 0.6) is 0 Å². The molecule has 1 aliphatic heterocycles. The molecule has 1 saturated heterocycles. The van der Waals surface area contributed by atoms with E-state index in [0.29, 0.717) is 5.54 Å². The van der Waals surface area contributed by atoms with Crippen LogP contribution in [0.4, 0.5) is 0 Å². The second kappa shape index (κ2) is 7.34. The SMILES string of the molecule is CCCNCCCCN1CCN(C)C(C)(C)C1. The number of unbranched alkanes of at least 4 members (excludes halogenated alkanes) is 1. The summed E-state index contributed by atoms with van der Waals surface area (Å²) >= 11 is 0. The van der Waals surface area contributed by atoms with E-state index in [-0.39, 0.29) is 0 Å². The Bertz CT molecular complexity index is 204. The number of nitrogens with one attached hydrogen (secondary N) is 1. The van der Waals surface area contributed by atoms with Crippen molar-refractivity contribution in [2.75, 3.05) is 46.3 Å². The minimum atomic E-state index is 0.346. The van der Waals surface area contributed by atoms with Crippen molar-refractivity contribution in [3.63, 3.8) is 0 Å². The van der Waals surface area contributed by atoms with E-state index in [1.54, 1.807) is 0 Å². The maximum Gasteiger partial charge on any atom is 0.0277 e. The molecule has 0 aromatic carbocycles. The maximum absolute atomic E-state index is 3.47. The van der Waals surface area contributed by atoms with Crippen molar-refractivity contribution in [2.24, 2.45) is 0 Å². The predicted octanol–water partition coefficient (Wildman–Crippen LogP) is 1.79. The Morgan fingerprint density at radius 3 is 2.53 bits per heavy atom. The molecular formula is C14H31N3. The fourth-order valence-corrected chi connectivity index (χ4v) is 2.42. The van der Waals surface area contributed by atoms with Crippen LogP contribution in [0, 0.1) is 0 Å². The minimum Gasteiger partial charge on any atom is -0.317 e. The number of hydrogen-bond donors (Lipinski definition) is 1. The smallest absolute Gasteiger partial charge is 0.0277 e. The van der Waals surface area contributed by atoms with Gasteiger partial charge in [-0.2, -0.15) is 0 Å². The quantitative estimate of drug-likeness (QED) is 0.686. The van der Waals surface area contributed by atoms with Crippen molar-refractivity contribution in [2.45, 2.75) is 45.6 Å². The van der Waals surface area contributed by atoms with Crippen molar-refractivity contribution >= 4 is 0 Å². The van der Waals surface area contributed by atoms with Gasteiger partial charge in [-0.05, 0) is 59.8 Å². The van der Waals surface area contributed by atoms with Crippen molar-refractivity contribution in [3.8, 4) is 0 Å². The van der Waals surface area contributed by atoms with Gasteiger partial charge in [-0.1, -0.05) is 6.92 Å². The second-order valence-electron chi connectivity index (χ2n) is 5.97. The zero-order chi connectivity index (χ0) is 12.7. The molecule has 1 aliphatic rings. The average molecular weight is 241 g/mol. The third-order valence-corrected chi connectivity index (χ3v) is 3.90. The van der Waals surface area contributed by atoms with Crippen LogP contribution >= 0.6 is 0 Å². The highest BCUT2D eigenvalue weighted by Crippen LogP contribution is 2.18. The number of piperazine rings is 1. The standard InChI is InChI=1S/C14H31N3/c1-5-8-15-9-6-7-10-17-12-11-16(4)14(2,3)13-17/h15H,5-13H2,1-4H3. The molecule has 17 heavy (non-hydrogen) atoms. The highest BCUT2D eigenvalue weighted by Gasteiger charge is 2.30. The third-order valence-electron chi connectivity index (χ3n) is 3.90. The number of likely N-dealkylation sites (N-methyl/N-ethyl adjacent to an activating group) is 1. The second-order valence-corrected chi connectivity index (χ2v) is 5.97. The monoisotopic (exact) mass is 241 g/mol. The molecule has 0 atom stereocenters. The van der Waals surface area contributed by atoms with Crippen LogP contribution in [-0.4, -0.2) is 61.7 Å². The zero-order valence-corrected chi connectivity index (χ0v) is 12.3. The first-order valence-corrected chi connectivity index (χ1v) is 7.20. The summed E-state index contributed by atoms with van der Waals surface area (Å²) < 4.78 is 0. The highest BCUT2D eigenvalue weighted by atomic mass is 15.3. The summed E-state index contributed by atoms with van der Waals surface area (Å²) in [5.74, 6) is 0. The molecule has 1 fully saturated rings. The molecule has 0 aliphatic carbocycles. The lowest BCUT2D eigenvalue weighted by molar-refractivity contribution is 0.0393. The summed E-state index contributed by atoms with van der Waals surface area (Å²) in [6.45, 7) is 14.2. The molecule has 0 unspecified atom stereocenters. The lowest BCUT2D eigenvalue weighted by atomic mass is 9.99. The molecular weight excluding hydrogens is 210 g/mol. The zero-order valence-electron chi connectivity index (χ0n) is 12.3. The average Bonchev–Trinajstić information content (AvgIpc) is 2.28. The van der Waals surface area contributed by atoms with Crippen LogP contribution in [0.2, 0.25) is 0 Å². The van der Waals surface area contributed by atoms with E-state index in [0.717, 1.165) is 0 Å². The Labute approximate surface area is 108 Å². The van der Waals surface area contributed by atoms with Crippen LogP contribution in [0.15, 0.2) is 0 Å². The molecule has 1 N–H and O–H groups in total. The summed E-state index contributed by atoms with van der Waals surface area (Å²) in [4.78, 5) is 5.10. The number of hydrogen-bond acceptors (Lipinski definition) is 3. The van der Waals surface area contributed by atoms with Crippen molar-refractivity contribution < 1.29 is 0 Å². The Balaban J connectivity index is 2.08. The first-order chi connectivity index (χ1) is 8.06. The molecule has 0 spiro atoms. The molecule has 0 saturated carbocycles. The van der Waals surface area contributed by atoms with E-state index in [1.807, 2.05) is 0 Å². The highest BCUT2D eigenvalue weighted by molar-refractivity contribution is 4.87. The van der Waals surface area contributed by atoms with Gasteiger partial charge in [0.05, 0.1) is 0 Å². The fourth-order valence-electron chi connectivity index (χ4n) is 2.42. The van der Waals surface area contributed by atoms with E-state index >= 15 is 0 Å². The van der Waals surface area contributed by atoms with Gasteiger partial charge < -0.3 is 10.2 Å². The summed E-state index contributed by atoms with van der Waals surface area (Å²) in [5, 5.41) is 3.47. The molecule has 3 nitrogen and oxygen atoms in total. The van der Waals surface area contributed by atoms with Gasteiger partial charge in [0.2, 0.25) is 0 Å². The van der Waals surface area contributed by atoms with Gasteiger partial charge in [0.25, 0.3) is 0 Å². The predicted molar refractivity (Wildman–Crippen MR) is 75.5 cm³/mol. The lowest BCUT2D eigenvalue weighted by Gasteiger charge is -2.45. The van der Waals surface area contributed by atoms with E-state index < -0.39 is 0 Å². The first-order valence-electron chi connectivity index (χ1n) is 7.20. The van der Waals surface area contributed by atoms with Gasteiger partial charge in [0.15, 0.2) is 0 Å². The van der Waals surface area contributed by atoms with Crippen molar-refractivity contribution in [1.29, 1.82) is 0 Å². The molecule has 3 heteroatoms. The van der Waals surface area contributed by atoms with Gasteiger partial charge >= 0.3 is 0 Å². The summed E-state index contributed by atoms with van der Waals surface area (Å²) in [6, 6.07) is 0. The summed E-state index contributed by atoms with van der Waals surface area (Å²) in [5.41, 5.74) is 0.346. The van der Waals surface area contributed by atoms with Crippen LogP contribution in [0.3, 0.4) is 0 Å². The van der Waals surface area contributed by atoms with Gasteiger partial charge in [0.1, 0.15) is 0 Å². The van der Waals surface area contributed by atoms with Crippen LogP contribution in [0.1, 0.15) is 40.0 Å². The molecule has 102 valence electrons. The number of rotatable bonds is 7. The van der Waals surface area contributed by atoms with E-state index in [4.69, 9.17) is 0 Å². The summed E-state index contributed by atoms with van der Waals surface area (Å²) in [6.07, 6.45) is 3.88. The normalized spacial score (nSPS) is 21.9. The fraction of sp³-hybridized carbons (Fsp3) is 1.00. The van der Waals surface area contributed by atoms with Gasteiger partial charge in [-0.15, -0.1) is 0 Å². The molecule has 0 aromatic heterocycles. The maximum atomic E-state index is 3.47. The van der Waals surface area contributed by atoms with E-state index in [9.17, 15) is 0 Å². The Morgan fingerprint density at radius 1 is 1.12 bits per heavy atom. The molecule has 0 aromatic rings. The topological polar surface area (TPSA) is 18.5 Å². The number of nitrogens with zero attached hydrogens (tertiary/aromatic N) is 2. The molecule has 0 bridgehead atoms. The Morgan fingerprint density at radius 2 is 1.88 bits per heavy atom. The third kappa shape index (κ3) is 5.36. The largest absolute Gasteiger partial charge is 0.317 e. The van der Waals surface area contributed by atoms with E-state index in [1.165, 1.54) is 58.5 Å². The van der Waals surface area contributed by atoms with Gasteiger partial charge in [-0.3, -0.25) is 4.90 Å². The van der Waals surface area contributed by atoms with Crippen LogP contribution in [-0.2, 0) is 0 Å². The van der Waals surface area contributed by atoms with Crippen molar-refractivity contribution in [3.05, 3.63) is 0 Å². The minimum absolute atomic E-state index is 0.346. The lowest BCUT2D eigenvalue weighted by Crippen LogP contribution is -2.57. The molecule has 1 rings (SSSR count). The molecule has 1 heterocycles. The van der Waals surface area contributed by atoms with Crippen LogP contribution < -0.4 is 5.32 Å². The van der Waals surface area contributed by atoms with Crippen molar-refractivity contribution in [1.82, 2.24) is 15.1 Å². The van der Waals surface area contributed by atoms with Gasteiger partial charge in [0, 0.05) is 25.2 Å². The Hall–Kier alpha value is -0.120.